The molecule has 0 aliphatic carbocycles. The first-order valence-electron chi connectivity index (χ1n) is 6.01. The fraction of sp³-hybridized carbons (Fsp3) is 0.462. The van der Waals surface area contributed by atoms with Crippen molar-refractivity contribution in [3.8, 4) is 0 Å². The minimum absolute atomic E-state index is 0.0260. The van der Waals surface area contributed by atoms with E-state index in [-0.39, 0.29) is 5.91 Å². The highest BCUT2D eigenvalue weighted by Crippen LogP contribution is 2.38. The van der Waals surface area contributed by atoms with Crippen molar-refractivity contribution in [2.24, 2.45) is 0 Å². The van der Waals surface area contributed by atoms with Gasteiger partial charge in [-0.3, -0.25) is 9.78 Å². The zero-order valence-corrected chi connectivity index (χ0v) is 9.67. The van der Waals surface area contributed by atoms with Gasteiger partial charge in [-0.1, -0.05) is 12.2 Å². The maximum Gasteiger partial charge on any atom is 0.274 e. The van der Waals surface area contributed by atoms with Crippen LogP contribution in [0.5, 0.6) is 0 Å². The second-order valence-corrected chi connectivity index (χ2v) is 4.85. The number of fused-ring (bicyclic) bond motifs is 2. The molecule has 0 radical (unpaired) electrons. The standard InChI is InChI=1S/C13H15N3O/c1-9-6-10-2-3-11(7-9)16(10)13(17)12-8-14-4-5-15-12/h4-5,8,10-11H,1-3,6-7H2. The Morgan fingerprint density at radius 3 is 2.59 bits per heavy atom. The molecule has 2 aliphatic heterocycles. The van der Waals surface area contributed by atoms with Gasteiger partial charge in [0.05, 0.1) is 6.20 Å². The molecule has 2 unspecified atom stereocenters. The summed E-state index contributed by atoms with van der Waals surface area (Å²) in [5.74, 6) is 0.0260. The molecule has 4 nitrogen and oxygen atoms in total. The smallest absolute Gasteiger partial charge is 0.274 e. The van der Waals surface area contributed by atoms with Crippen LogP contribution < -0.4 is 0 Å². The molecule has 0 N–H and O–H groups in total. The Bertz CT molecular complexity index is 441. The summed E-state index contributed by atoms with van der Waals surface area (Å²) in [6.45, 7) is 4.06. The van der Waals surface area contributed by atoms with Crippen LogP contribution in [0.15, 0.2) is 30.7 Å². The molecule has 2 saturated heterocycles. The Hall–Kier alpha value is -1.71. The highest BCUT2D eigenvalue weighted by molar-refractivity contribution is 5.92. The highest BCUT2D eigenvalue weighted by Gasteiger charge is 2.41. The van der Waals surface area contributed by atoms with Crippen molar-refractivity contribution in [2.75, 3.05) is 0 Å². The summed E-state index contributed by atoms with van der Waals surface area (Å²) >= 11 is 0. The lowest BCUT2D eigenvalue weighted by atomic mass is 9.98. The van der Waals surface area contributed by atoms with Gasteiger partial charge < -0.3 is 4.90 Å². The van der Waals surface area contributed by atoms with Gasteiger partial charge in [0.2, 0.25) is 0 Å². The first-order valence-corrected chi connectivity index (χ1v) is 6.01. The number of rotatable bonds is 1. The zero-order chi connectivity index (χ0) is 11.8. The summed E-state index contributed by atoms with van der Waals surface area (Å²) in [7, 11) is 0. The molecule has 2 atom stereocenters. The third kappa shape index (κ3) is 1.73. The molecule has 3 heterocycles. The first kappa shape index (κ1) is 10.4. The van der Waals surface area contributed by atoms with Crippen LogP contribution in [0, 0.1) is 0 Å². The van der Waals surface area contributed by atoms with Gasteiger partial charge in [-0.15, -0.1) is 0 Å². The van der Waals surface area contributed by atoms with Gasteiger partial charge in [0.25, 0.3) is 5.91 Å². The summed E-state index contributed by atoms with van der Waals surface area (Å²) in [5, 5.41) is 0. The van der Waals surface area contributed by atoms with E-state index >= 15 is 0 Å². The Labute approximate surface area is 100 Å². The Morgan fingerprint density at radius 1 is 1.29 bits per heavy atom. The average Bonchev–Trinajstić information content (AvgIpc) is 2.62. The molecule has 88 valence electrons. The monoisotopic (exact) mass is 229 g/mol. The quantitative estimate of drug-likeness (QED) is 0.690. The Morgan fingerprint density at radius 2 is 2.00 bits per heavy atom. The Balaban J connectivity index is 1.86. The molecule has 2 fully saturated rings. The maximum absolute atomic E-state index is 12.4. The summed E-state index contributed by atoms with van der Waals surface area (Å²) in [5.41, 5.74) is 1.73. The second-order valence-electron chi connectivity index (χ2n) is 4.85. The minimum atomic E-state index is 0.0260. The highest BCUT2D eigenvalue weighted by atomic mass is 16.2. The number of aromatic nitrogens is 2. The molecule has 1 aromatic heterocycles. The van der Waals surface area contributed by atoms with Gasteiger partial charge in [0.15, 0.2) is 0 Å². The van der Waals surface area contributed by atoms with Gasteiger partial charge >= 0.3 is 0 Å². The van der Waals surface area contributed by atoms with Crippen LogP contribution in [-0.4, -0.2) is 32.9 Å². The predicted molar refractivity (Wildman–Crippen MR) is 63.4 cm³/mol. The molecule has 1 amide bonds. The van der Waals surface area contributed by atoms with Crippen molar-refractivity contribution in [1.29, 1.82) is 0 Å². The fourth-order valence-electron chi connectivity index (χ4n) is 2.99. The van der Waals surface area contributed by atoms with Gasteiger partial charge in [-0.05, 0) is 25.7 Å². The van der Waals surface area contributed by atoms with Crippen LogP contribution >= 0.6 is 0 Å². The van der Waals surface area contributed by atoms with Gasteiger partial charge in [0.1, 0.15) is 5.69 Å². The summed E-state index contributed by atoms with van der Waals surface area (Å²) in [6, 6.07) is 0.659. The van der Waals surface area contributed by atoms with Crippen molar-refractivity contribution >= 4 is 5.91 Å². The Kier molecular flexibility index (Phi) is 2.42. The lowest BCUT2D eigenvalue weighted by molar-refractivity contribution is 0.0628. The van der Waals surface area contributed by atoms with E-state index in [9.17, 15) is 4.79 Å². The van der Waals surface area contributed by atoms with E-state index in [0.29, 0.717) is 17.8 Å². The number of carbonyl (C=O) groups excluding carboxylic acids is 1. The molecule has 0 saturated carbocycles. The predicted octanol–water partition coefficient (Wildman–Crippen LogP) is 1.80. The molecular formula is C13H15N3O. The maximum atomic E-state index is 12.4. The minimum Gasteiger partial charge on any atom is -0.331 e. The first-order chi connectivity index (χ1) is 8.25. The third-order valence-electron chi connectivity index (χ3n) is 3.69. The number of hydrogen-bond acceptors (Lipinski definition) is 3. The van der Waals surface area contributed by atoms with Crippen LogP contribution in [0.4, 0.5) is 0 Å². The van der Waals surface area contributed by atoms with E-state index in [4.69, 9.17) is 0 Å². The van der Waals surface area contributed by atoms with Crippen LogP contribution in [0.2, 0.25) is 0 Å². The van der Waals surface area contributed by atoms with Gasteiger partial charge in [-0.2, -0.15) is 0 Å². The molecule has 0 spiro atoms. The molecule has 2 aliphatic rings. The van der Waals surface area contributed by atoms with Crippen molar-refractivity contribution < 1.29 is 4.79 Å². The molecule has 3 rings (SSSR count). The lowest BCUT2D eigenvalue weighted by Gasteiger charge is -2.35. The van der Waals surface area contributed by atoms with Gasteiger partial charge in [-0.25, -0.2) is 4.98 Å². The van der Waals surface area contributed by atoms with Crippen molar-refractivity contribution in [1.82, 2.24) is 14.9 Å². The van der Waals surface area contributed by atoms with Crippen molar-refractivity contribution in [3.05, 3.63) is 36.4 Å². The molecule has 17 heavy (non-hydrogen) atoms. The van der Waals surface area contributed by atoms with Crippen molar-refractivity contribution in [2.45, 2.75) is 37.8 Å². The fourth-order valence-corrected chi connectivity index (χ4v) is 2.99. The number of nitrogens with zero attached hydrogens (tertiary/aromatic N) is 3. The topological polar surface area (TPSA) is 46.1 Å². The van der Waals surface area contributed by atoms with E-state index in [1.165, 1.54) is 5.57 Å². The van der Waals surface area contributed by atoms with Crippen LogP contribution in [0.25, 0.3) is 0 Å². The molecule has 1 aromatic rings. The van der Waals surface area contributed by atoms with E-state index in [0.717, 1.165) is 25.7 Å². The van der Waals surface area contributed by atoms with Crippen LogP contribution in [0.1, 0.15) is 36.2 Å². The van der Waals surface area contributed by atoms with Crippen molar-refractivity contribution in [3.63, 3.8) is 0 Å². The largest absolute Gasteiger partial charge is 0.331 e. The van der Waals surface area contributed by atoms with E-state index < -0.39 is 0 Å². The number of hydrogen-bond donors (Lipinski definition) is 0. The molecule has 0 aromatic carbocycles. The molecule has 4 heteroatoms. The zero-order valence-electron chi connectivity index (χ0n) is 9.67. The van der Waals surface area contributed by atoms with Crippen LogP contribution in [0.3, 0.4) is 0 Å². The van der Waals surface area contributed by atoms with Gasteiger partial charge in [0, 0.05) is 24.5 Å². The number of amides is 1. The SMILES string of the molecule is C=C1CC2CCC(C1)N2C(=O)c1cnccn1. The normalized spacial score (nSPS) is 27.3. The summed E-state index contributed by atoms with van der Waals surface area (Å²) < 4.78 is 0. The summed E-state index contributed by atoms with van der Waals surface area (Å²) in [4.78, 5) is 22.4. The summed E-state index contributed by atoms with van der Waals surface area (Å²) in [6.07, 6.45) is 8.78. The lowest BCUT2D eigenvalue weighted by Crippen LogP contribution is -2.44. The van der Waals surface area contributed by atoms with E-state index in [1.807, 2.05) is 4.90 Å². The van der Waals surface area contributed by atoms with Crippen LogP contribution in [-0.2, 0) is 0 Å². The molecule has 2 bridgehead atoms. The average molecular weight is 229 g/mol. The molecular weight excluding hydrogens is 214 g/mol. The van der Waals surface area contributed by atoms with E-state index in [2.05, 4.69) is 16.5 Å². The third-order valence-corrected chi connectivity index (χ3v) is 3.69. The second kappa shape index (κ2) is 3.95. The number of piperidine rings is 1. The van der Waals surface area contributed by atoms with E-state index in [1.54, 1.807) is 18.6 Å². The number of carbonyl (C=O) groups is 1.